The van der Waals surface area contributed by atoms with E-state index in [9.17, 15) is 0 Å². The van der Waals surface area contributed by atoms with Crippen LogP contribution < -0.4 is 4.90 Å². The topological polar surface area (TPSA) is 3.24 Å². The van der Waals surface area contributed by atoms with Gasteiger partial charge in [0.25, 0.3) is 0 Å². The van der Waals surface area contributed by atoms with Crippen LogP contribution in [0.5, 0.6) is 0 Å². The van der Waals surface area contributed by atoms with Crippen molar-refractivity contribution >= 4 is 28.3 Å². The van der Waals surface area contributed by atoms with E-state index < -0.39 is 0 Å². The van der Waals surface area contributed by atoms with Crippen molar-refractivity contribution in [2.24, 2.45) is 5.92 Å². The maximum absolute atomic E-state index is 2.72. The fourth-order valence-corrected chi connectivity index (χ4v) is 5.63. The van der Waals surface area contributed by atoms with Crippen LogP contribution in [0.25, 0.3) is 0 Å². The zero-order valence-electron chi connectivity index (χ0n) is 9.27. The van der Waals surface area contributed by atoms with Gasteiger partial charge in [-0.2, -0.15) is 0 Å². The van der Waals surface area contributed by atoms with E-state index in [2.05, 4.69) is 51.8 Å². The number of hydrogen-bond donors (Lipinski definition) is 0. The molecule has 16 heavy (non-hydrogen) atoms. The van der Waals surface area contributed by atoms with Crippen LogP contribution in [0.4, 0.5) is 5.69 Å². The molecule has 84 valence electrons. The number of para-hydroxylation sites is 1. The van der Waals surface area contributed by atoms with Gasteiger partial charge >= 0.3 is 0 Å². The summed E-state index contributed by atoms with van der Waals surface area (Å²) in [5.41, 5.74) is 3.18. The molecule has 4 atom stereocenters. The molecule has 1 aliphatic carbocycles. The van der Waals surface area contributed by atoms with Crippen LogP contribution in [-0.4, -0.2) is 16.5 Å². The van der Waals surface area contributed by atoms with Crippen molar-refractivity contribution < 1.29 is 0 Å². The van der Waals surface area contributed by atoms with Gasteiger partial charge in [-0.3, -0.25) is 0 Å². The summed E-state index contributed by atoms with van der Waals surface area (Å²) in [7, 11) is 0. The third-order valence-corrected chi connectivity index (χ3v) is 6.48. The Kier molecular flexibility index (Phi) is 2.06. The third kappa shape index (κ3) is 1.12. The Labute approximate surface area is 110 Å². The zero-order valence-corrected chi connectivity index (χ0v) is 11.4. The van der Waals surface area contributed by atoms with Crippen LogP contribution in [0.2, 0.25) is 0 Å². The minimum Gasteiger partial charge on any atom is -0.367 e. The van der Waals surface area contributed by atoms with Gasteiger partial charge in [-0.15, -0.1) is 0 Å². The molecule has 0 spiro atoms. The van der Waals surface area contributed by atoms with Gasteiger partial charge in [-0.25, -0.2) is 0 Å². The van der Waals surface area contributed by atoms with Gasteiger partial charge < -0.3 is 4.90 Å². The average Bonchev–Trinajstić information content (AvgIpc) is 2.72. The molecule has 1 saturated heterocycles. The summed E-state index contributed by atoms with van der Waals surface area (Å²) in [6.45, 7) is 1.29. The molecule has 2 aliphatic heterocycles. The lowest BCUT2D eigenvalue weighted by molar-refractivity contribution is 0.498. The molecule has 1 nitrogen and oxygen atoms in total. The molecule has 0 radical (unpaired) electrons. The molecule has 4 unspecified atom stereocenters. The number of anilines is 1. The second-order valence-corrected chi connectivity index (χ2v) is 6.87. The first-order valence-electron chi connectivity index (χ1n) is 6.36. The molecule has 2 heterocycles. The normalized spacial score (nSPS) is 39.7. The van der Waals surface area contributed by atoms with Crippen LogP contribution >= 0.6 is 22.6 Å². The Bertz CT molecular complexity index is 415. The first kappa shape index (κ1) is 9.75. The Hall–Kier alpha value is -0.250. The van der Waals surface area contributed by atoms with Crippen molar-refractivity contribution in [3.8, 4) is 0 Å². The van der Waals surface area contributed by atoms with Gasteiger partial charge in [0, 0.05) is 28.1 Å². The Morgan fingerprint density at radius 1 is 1.25 bits per heavy atom. The van der Waals surface area contributed by atoms with Crippen LogP contribution in [-0.2, 0) is 0 Å². The number of fused-ring (bicyclic) bond motifs is 4. The predicted octanol–water partition coefficient (Wildman–Crippen LogP) is 3.58. The number of halogens is 1. The second kappa shape index (κ2) is 3.37. The predicted molar refractivity (Wildman–Crippen MR) is 75.5 cm³/mol. The Morgan fingerprint density at radius 3 is 3.06 bits per heavy atom. The summed E-state index contributed by atoms with van der Waals surface area (Å²) in [6.07, 6.45) is 4.28. The maximum Gasteiger partial charge on any atom is 0.0479 e. The highest BCUT2D eigenvalue weighted by atomic mass is 127. The standard InChI is InChI=1S/C14H16IN/c15-13-9-4-3-7-16-12-6-2-1-5-10(12)11(8-9)14(13)16/h1-2,5-6,9,11,13-14H,3-4,7-8H2. The molecular formula is C14H16IN. The highest BCUT2D eigenvalue weighted by Gasteiger charge is 2.51. The number of rotatable bonds is 0. The van der Waals surface area contributed by atoms with Crippen molar-refractivity contribution in [3.63, 3.8) is 0 Å². The van der Waals surface area contributed by atoms with Crippen LogP contribution in [0, 0.1) is 5.92 Å². The largest absolute Gasteiger partial charge is 0.367 e. The van der Waals surface area contributed by atoms with E-state index >= 15 is 0 Å². The van der Waals surface area contributed by atoms with Gasteiger partial charge in [-0.05, 0) is 36.8 Å². The monoisotopic (exact) mass is 325 g/mol. The van der Waals surface area contributed by atoms with Crippen molar-refractivity contribution in [3.05, 3.63) is 29.8 Å². The van der Waals surface area contributed by atoms with E-state index in [0.717, 1.165) is 21.8 Å². The minimum atomic E-state index is 0.811. The van der Waals surface area contributed by atoms with Crippen molar-refractivity contribution in [1.29, 1.82) is 0 Å². The summed E-state index contributed by atoms with van der Waals surface area (Å²) in [4.78, 5) is 2.71. The molecular weight excluding hydrogens is 309 g/mol. The van der Waals surface area contributed by atoms with Gasteiger partial charge in [0.15, 0.2) is 0 Å². The lowest BCUT2D eigenvalue weighted by atomic mass is 9.95. The maximum atomic E-state index is 2.72. The van der Waals surface area contributed by atoms with Gasteiger partial charge in [-0.1, -0.05) is 40.8 Å². The van der Waals surface area contributed by atoms with E-state index in [-0.39, 0.29) is 0 Å². The van der Waals surface area contributed by atoms with Crippen LogP contribution in [0.15, 0.2) is 24.3 Å². The number of benzene rings is 1. The molecule has 2 fully saturated rings. The molecule has 1 aromatic rings. The fraction of sp³-hybridized carbons (Fsp3) is 0.571. The lowest BCUT2D eigenvalue weighted by Crippen LogP contribution is -2.36. The number of hydrogen-bond acceptors (Lipinski definition) is 1. The SMILES string of the molecule is IC1C2CCCN3c4ccccc4C(C2)C13. The van der Waals surface area contributed by atoms with E-state index in [1.807, 2.05) is 0 Å². The molecule has 2 heteroatoms. The fourth-order valence-electron chi connectivity index (χ4n) is 4.09. The molecule has 4 rings (SSSR count). The Morgan fingerprint density at radius 2 is 2.12 bits per heavy atom. The smallest absolute Gasteiger partial charge is 0.0479 e. The quantitative estimate of drug-likeness (QED) is 0.521. The first-order chi connectivity index (χ1) is 7.86. The van der Waals surface area contributed by atoms with Crippen molar-refractivity contribution in [2.75, 3.05) is 11.4 Å². The molecule has 2 bridgehead atoms. The van der Waals surface area contributed by atoms with Crippen molar-refractivity contribution in [2.45, 2.75) is 35.1 Å². The van der Waals surface area contributed by atoms with E-state index in [1.165, 1.54) is 25.8 Å². The number of nitrogens with zero attached hydrogens (tertiary/aromatic N) is 1. The summed E-state index contributed by atoms with van der Waals surface area (Å²) in [6, 6.07) is 9.92. The molecule has 0 aromatic heterocycles. The van der Waals surface area contributed by atoms with Gasteiger partial charge in [0.1, 0.15) is 0 Å². The highest BCUT2D eigenvalue weighted by Crippen LogP contribution is 2.55. The first-order valence-corrected chi connectivity index (χ1v) is 7.60. The average molecular weight is 325 g/mol. The zero-order chi connectivity index (χ0) is 10.7. The highest BCUT2D eigenvalue weighted by molar-refractivity contribution is 14.1. The van der Waals surface area contributed by atoms with E-state index in [0.29, 0.717) is 0 Å². The van der Waals surface area contributed by atoms with E-state index in [4.69, 9.17) is 0 Å². The van der Waals surface area contributed by atoms with Gasteiger partial charge in [0.05, 0.1) is 0 Å². The summed E-state index contributed by atoms with van der Waals surface area (Å²) in [5.74, 6) is 1.82. The third-order valence-electron chi connectivity index (χ3n) is 4.73. The lowest BCUT2D eigenvalue weighted by Gasteiger charge is -2.28. The molecule has 0 amide bonds. The molecule has 1 saturated carbocycles. The van der Waals surface area contributed by atoms with Crippen molar-refractivity contribution in [1.82, 2.24) is 0 Å². The van der Waals surface area contributed by atoms with Gasteiger partial charge in [0.2, 0.25) is 0 Å². The summed E-state index contributed by atoms with van der Waals surface area (Å²) < 4.78 is 0.873. The van der Waals surface area contributed by atoms with Crippen LogP contribution in [0.1, 0.15) is 30.7 Å². The minimum absolute atomic E-state index is 0.811. The van der Waals surface area contributed by atoms with E-state index in [1.54, 1.807) is 11.3 Å². The molecule has 0 N–H and O–H groups in total. The summed E-state index contributed by atoms with van der Waals surface area (Å²) in [5, 5.41) is 0. The second-order valence-electron chi connectivity index (χ2n) is 5.43. The summed E-state index contributed by atoms with van der Waals surface area (Å²) >= 11 is 2.72. The Balaban J connectivity index is 1.89. The van der Waals surface area contributed by atoms with Crippen LogP contribution in [0.3, 0.4) is 0 Å². The number of alkyl halides is 1. The molecule has 3 aliphatic rings. The molecule has 1 aromatic carbocycles.